The summed E-state index contributed by atoms with van der Waals surface area (Å²) in [4.78, 5) is 63.3. The fourth-order valence-corrected chi connectivity index (χ4v) is 12.3. The minimum Gasteiger partial charge on any atom is -0.743 e. The molecule has 0 amide bonds. The Hall–Kier alpha value is -6.74. The number of carbonyl (C=O) groups is 5. The summed E-state index contributed by atoms with van der Waals surface area (Å²) in [6.07, 6.45) is 3.40. The summed E-state index contributed by atoms with van der Waals surface area (Å²) >= 11 is 0. The number of hydrogen-bond acceptors (Lipinski definition) is 15. The molecule has 1 saturated carbocycles. The summed E-state index contributed by atoms with van der Waals surface area (Å²) in [6, 6.07) is 43.2. The predicted molar refractivity (Wildman–Crippen MR) is 333 cm³/mol. The average molecular weight is 1290 g/mol. The van der Waals surface area contributed by atoms with Gasteiger partial charge in [-0.25, -0.2) is 12.8 Å². The van der Waals surface area contributed by atoms with E-state index >= 15 is 0 Å². The number of fused-ring (bicyclic) bond motifs is 2. The zero-order valence-electron chi connectivity index (χ0n) is 53.7. The molecule has 15 nitrogen and oxygen atoms in total. The fourth-order valence-electron chi connectivity index (χ4n) is 9.75. The molecular formula is C70H87F3O15S2. The molecule has 5 aromatic carbocycles. The summed E-state index contributed by atoms with van der Waals surface area (Å²) in [5.74, 6) is -1.26. The molecule has 2 aliphatic carbocycles. The van der Waals surface area contributed by atoms with Crippen molar-refractivity contribution in [2.75, 3.05) is 0 Å². The standard InChI is InChI=1S/C18H23FO2.C18H15S.C13H18O5.C12H16O3.C9H16F2O5S/c1-4-17(2,3)16(20)21-18(13-6-7-13)10-9-12-5-8-14(19)11-15(12)18;1-4-10-16(11-5-1)19(17-12-6-2-7-13-17)18-14-8-3-9-15-18;1-4-13(2,3)12(15)18-9-7-5-6-8(16-7)10(9)17-11(6)14;1-4-12(2,3)11(14)15-10-7-5-9(13)6-8-10;1-5-8(3,4)7(12)16-6(2)9(10,11)17(13,14)15/h5,8,11,13H,4,6-7,9-10H2,1-3H3;1-15H;6-10H,4-5H2,1-3H3;5-8,13H,4H2,1-3H3;6H,5H2,1-4H3,(H,13,14,15)/q;+1;;;/p-1. The van der Waals surface area contributed by atoms with Crippen LogP contribution in [-0.2, 0) is 80.7 Å². The van der Waals surface area contributed by atoms with Crippen molar-refractivity contribution < 1.29 is 83.6 Å². The van der Waals surface area contributed by atoms with Crippen molar-refractivity contribution in [1.29, 1.82) is 0 Å². The molecule has 0 aromatic heterocycles. The number of aromatic hydroxyl groups is 1. The van der Waals surface area contributed by atoms with Crippen LogP contribution in [0.2, 0.25) is 0 Å². The van der Waals surface area contributed by atoms with E-state index in [1.807, 2.05) is 68.4 Å². The number of benzene rings is 5. The Morgan fingerprint density at radius 1 is 0.678 bits per heavy atom. The van der Waals surface area contributed by atoms with E-state index in [2.05, 4.69) is 95.7 Å². The number of carbonyl (C=O) groups excluding carboxylic acids is 5. The topological polar surface area (TPSA) is 218 Å². The Labute approximate surface area is 531 Å². The van der Waals surface area contributed by atoms with E-state index in [-0.39, 0.29) is 64.5 Å². The molecule has 0 spiro atoms. The first-order valence-electron chi connectivity index (χ1n) is 30.6. The molecule has 3 saturated heterocycles. The first-order valence-corrected chi connectivity index (χ1v) is 33.3. The van der Waals surface area contributed by atoms with Gasteiger partial charge in [0.2, 0.25) is 0 Å². The smallest absolute Gasteiger partial charge is 0.369 e. The molecule has 4 fully saturated rings. The second kappa shape index (κ2) is 29.7. The quantitative estimate of drug-likeness (QED) is 0.0284. The molecule has 7 atom stereocenters. The van der Waals surface area contributed by atoms with Crippen LogP contribution in [-0.4, -0.2) is 83.7 Å². The first kappa shape index (κ1) is 72.3. The largest absolute Gasteiger partial charge is 0.743 e. The van der Waals surface area contributed by atoms with Gasteiger partial charge in [0, 0.05) is 11.5 Å². The zero-order chi connectivity index (χ0) is 66.8. The normalized spacial score (nSPS) is 21.0. The fraction of sp³-hybridized carbons (Fsp3) is 0.500. The van der Waals surface area contributed by atoms with Gasteiger partial charge in [0.15, 0.2) is 43.1 Å². The van der Waals surface area contributed by atoms with Crippen LogP contribution in [0.25, 0.3) is 0 Å². The number of aryl methyl sites for hydroxylation is 1. The van der Waals surface area contributed by atoms with E-state index in [9.17, 15) is 50.1 Å². The van der Waals surface area contributed by atoms with E-state index < -0.39 is 66.9 Å². The summed E-state index contributed by atoms with van der Waals surface area (Å²) in [6.45, 7) is 22.3. The van der Waals surface area contributed by atoms with Crippen LogP contribution >= 0.6 is 0 Å². The number of alkyl halides is 2. The number of ether oxygens (including phenoxy) is 6. The molecular weight excluding hydrogens is 1200 g/mol. The van der Waals surface area contributed by atoms with Crippen molar-refractivity contribution in [2.45, 2.75) is 204 Å². The van der Waals surface area contributed by atoms with Crippen molar-refractivity contribution >= 4 is 50.9 Å². The van der Waals surface area contributed by atoms with Crippen LogP contribution in [0.1, 0.15) is 153 Å². The van der Waals surface area contributed by atoms with Crippen LogP contribution < -0.4 is 4.74 Å². The van der Waals surface area contributed by atoms with Crippen molar-refractivity contribution in [3.63, 3.8) is 0 Å². The molecule has 5 aliphatic rings. The van der Waals surface area contributed by atoms with Crippen LogP contribution in [0.3, 0.4) is 0 Å². The van der Waals surface area contributed by atoms with Gasteiger partial charge in [-0.1, -0.05) is 88.4 Å². The number of phenolic OH excluding ortho intramolecular Hbond substituents is 1. The molecule has 3 aliphatic heterocycles. The Balaban J connectivity index is 0.000000180. The van der Waals surface area contributed by atoms with E-state index in [4.69, 9.17) is 28.8 Å². The Morgan fingerprint density at radius 2 is 1.14 bits per heavy atom. The number of rotatable bonds is 18. The summed E-state index contributed by atoms with van der Waals surface area (Å²) in [5, 5.41) is 4.42. The lowest BCUT2D eigenvalue weighted by atomic mass is 9.87. The molecule has 7 unspecified atom stereocenters. The second-order valence-electron chi connectivity index (χ2n) is 25.7. The monoisotopic (exact) mass is 1290 g/mol. The second-order valence-corrected chi connectivity index (χ2v) is 29.2. The van der Waals surface area contributed by atoms with Crippen LogP contribution in [0, 0.1) is 39.3 Å². The average Bonchev–Trinajstić information content (AvgIpc) is 1.58. The maximum absolute atomic E-state index is 13.7. The van der Waals surface area contributed by atoms with Crippen LogP contribution in [0.15, 0.2) is 148 Å². The van der Waals surface area contributed by atoms with E-state index in [1.165, 1.54) is 46.7 Å². The van der Waals surface area contributed by atoms with Gasteiger partial charge in [0.25, 0.3) is 0 Å². The maximum atomic E-state index is 13.7. The van der Waals surface area contributed by atoms with E-state index in [1.54, 1.807) is 25.1 Å². The zero-order valence-corrected chi connectivity index (χ0v) is 55.4. The Morgan fingerprint density at radius 3 is 1.61 bits per heavy atom. The highest BCUT2D eigenvalue weighted by molar-refractivity contribution is 7.97. The minimum absolute atomic E-state index is 0.0146. The highest BCUT2D eigenvalue weighted by Crippen LogP contribution is 2.56. The third-order valence-corrected chi connectivity index (χ3v) is 20.9. The summed E-state index contributed by atoms with van der Waals surface area (Å²) in [5.41, 5.74) is -1.03. The van der Waals surface area contributed by atoms with Gasteiger partial charge in [0.1, 0.15) is 29.0 Å². The molecule has 2 bridgehead atoms. The summed E-state index contributed by atoms with van der Waals surface area (Å²) in [7, 11) is -5.87. The lowest BCUT2D eigenvalue weighted by molar-refractivity contribution is -0.175. The van der Waals surface area contributed by atoms with E-state index in [0.717, 1.165) is 49.7 Å². The molecule has 3 heterocycles. The molecule has 90 heavy (non-hydrogen) atoms. The highest BCUT2D eigenvalue weighted by Gasteiger charge is 2.65. The molecule has 1 N–H and O–H groups in total. The lowest BCUT2D eigenvalue weighted by Crippen LogP contribution is -2.44. The molecule has 20 heteroatoms. The van der Waals surface area contributed by atoms with Gasteiger partial charge < -0.3 is 38.1 Å². The minimum atomic E-state index is -5.86. The molecule has 490 valence electrons. The Bertz CT molecular complexity index is 3260. The predicted octanol–water partition coefficient (Wildman–Crippen LogP) is 14.4. The van der Waals surface area contributed by atoms with Crippen LogP contribution in [0.4, 0.5) is 13.2 Å². The van der Waals surface area contributed by atoms with Gasteiger partial charge in [-0.3, -0.25) is 24.0 Å². The molecule has 0 radical (unpaired) electrons. The van der Waals surface area contributed by atoms with Crippen molar-refractivity contribution in [2.24, 2.45) is 33.5 Å². The van der Waals surface area contributed by atoms with Gasteiger partial charge in [0.05, 0.1) is 44.6 Å². The number of phenols is 1. The van der Waals surface area contributed by atoms with Gasteiger partial charge in [-0.2, -0.15) is 8.78 Å². The first-order chi connectivity index (χ1) is 42.1. The van der Waals surface area contributed by atoms with Gasteiger partial charge in [-0.15, -0.1) is 0 Å². The van der Waals surface area contributed by atoms with Gasteiger partial charge >= 0.3 is 35.1 Å². The third-order valence-electron chi connectivity index (χ3n) is 17.7. The van der Waals surface area contributed by atoms with Gasteiger partial charge in [-0.05, 0) is 198 Å². The highest BCUT2D eigenvalue weighted by atomic mass is 32.2. The maximum Gasteiger partial charge on any atom is 0.369 e. The van der Waals surface area contributed by atoms with E-state index in [0.29, 0.717) is 37.9 Å². The lowest BCUT2D eigenvalue weighted by Gasteiger charge is -2.34. The number of hydrogen-bond donors (Lipinski definition) is 1. The van der Waals surface area contributed by atoms with Crippen molar-refractivity contribution in [3.05, 3.63) is 150 Å². The summed E-state index contributed by atoms with van der Waals surface area (Å²) < 4.78 is 103. The molecule has 10 rings (SSSR count). The third kappa shape index (κ3) is 17.4. The van der Waals surface area contributed by atoms with Crippen molar-refractivity contribution in [1.82, 2.24) is 0 Å². The Kier molecular flexibility index (Phi) is 23.9. The van der Waals surface area contributed by atoms with Crippen molar-refractivity contribution in [3.8, 4) is 11.5 Å². The van der Waals surface area contributed by atoms with Crippen LogP contribution in [0.5, 0.6) is 11.5 Å². The number of halogens is 3. The SMILES string of the molecule is CCC(C)(C)C(=O)OC(C)C(F)(F)S(=O)(=O)[O-].CCC(C)(C)C(=O)OC1(C2CC2)CCc2ccc(F)cc21.CCC(C)(C)C(=O)OC1C2CC3C(=O)OC1C3O2.CCC(C)(C)C(=O)Oc1ccc(O)cc1.c1ccc([S+](c2ccccc2)c2ccccc2)cc1. The number of esters is 5. The molecule has 5 aromatic rings.